The van der Waals surface area contributed by atoms with Gasteiger partial charge in [0.15, 0.2) is 0 Å². The first kappa shape index (κ1) is 16.0. The third-order valence-electron chi connectivity index (χ3n) is 5.51. The molecule has 0 amide bonds. The fourth-order valence-corrected chi connectivity index (χ4v) is 4.15. The van der Waals surface area contributed by atoms with Crippen molar-refractivity contribution in [3.63, 3.8) is 0 Å². The Morgan fingerprint density at radius 1 is 0.552 bits per heavy atom. The molecule has 0 saturated carbocycles. The lowest BCUT2D eigenvalue weighted by Gasteiger charge is -2.09. The molecule has 136 valence electrons. The molecule has 0 N–H and O–H groups in total. The van der Waals surface area contributed by atoms with Crippen LogP contribution in [-0.2, 0) is 0 Å². The molecule has 4 aromatic carbocycles. The van der Waals surface area contributed by atoms with Crippen LogP contribution in [0.2, 0.25) is 0 Å². The van der Waals surface area contributed by atoms with Gasteiger partial charge in [-0.15, -0.1) is 0 Å². The monoisotopic (exact) mass is 371 g/mol. The Labute approximate surface area is 167 Å². The van der Waals surface area contributed by atoms with Crippen molar-refractivity contribution < 1.29 is 0 Å². The Hall–Kier alpha value is -3.98. The molecule has 0 aliphatic carbocycles. The van der Waals surface area contributed by atoms with Gasteiger partial charge in [0.1, 0.15) is 12.1 Å². The summed E-state index contributed by atoms with van der Waals surface area (Å²) >= 11 is 0. The molecule has 6 aromatic rings. The van der Waals surface area contributed by atoms with E-state index < -0.39 is 0 Å². The Balaban J connectivity index is 1.59. The van der Waals surface area contributed by atoms with Crippen LogP contribution in [0.3, 0.4) is 0 Å². The summed E-state index contributed by atoms with van der Waals surface area (Å²) in [7, 11) is 0. The van der Waals surface area contributed by atoms with E-state index in [-0.39, 0.29) is 0 Å². The van der Waals surface area contributed by atoms with Gasteiger partial charge in [0.05, 0.1) is 16.7 Å². The highest BCUT2D eigenvalue weighted by molar-refractivity contribution is 6.09. The fraction of sp³-hybridized carbons (Fsp3) is 0. The average molecular weight is 371 g/mol. The molecule has 6 rings (SSSR count). The first-order chi connectivity index (χ1) is 14.4. The van der Waals surface area contributed by atoms with Crippen LogP contribution in [-0.4, -0.2) is 14.5 Å². The summed E-state index contributed by atoms with van der Waals surface area (Å²) in [6.45, 7) is 0. The van der Waals surface area contributed by atoms with Crippen molar-refractivity contribution in [2.75, 3.05) is 0 Å². The molecule has 0 fully saturated rings. The van der Waals surface area contributed by atoms with E-state index in [4.69, 9.17) is 0 Å². The lowest BCUT2D eigenvalue weighted by Crippen LogP contribution is -1.99. The van der Waals surface area contributed by atoms with E-state index in [1.165, 1.54) is 21.5 Å². The van der Waals surface area contributed by atoms with Crippen molar-refractivity contribution in [1.29, 1.82) is 0 Å². The minimum atomic E-state index is 0.876. The number of hydrogen-bond acceptors (Lipinski definition) is 2. The number of nitrogens with zero attached hydrogens (tertiary/aromatic N) is 3. The largest absolute Gasteiger partial charge is 0.294 e. The Morgan fingerprint density at radius 2 is 1.21 bits per heavy atom. The molecule has 0 aliphatic rings. The molecule has 3 heteroatoms. The summed E-state index contributed by atoms with van der Waals surface area (Å²) < 4.78 is 2.22. The molecule has 0 bridgehead atoms. The van der Waals surface area contributed by atoms with E-state index in [0.717, 1.165) is 28.1 Å². The second-order valence-corrected chi connectivity index (χ2v) is 7.19. The predicted octanol–water partition coefficient (Wildman–Crippen LogP) is 6.39. The lowest BCUT2D eigenvalue weighted by molar-refractivity contribution is 1.04. The van der Waals surface area contributed by atoms with Gasteiger partial charge in [-0.25, -0.2) is 9.97 Å². The zero-order valence-corrected chi connectivity index (χ0v) is 15.7. The van der Waals surface area contributed by atoms with E-state index in [0.29, 0.717) is 0 Å². The van der Waals surface area contributed by atoms with Gasteiger partial charge in [-0.05, 0) is 29.0 Å². The minimum absolute atomic E-state index is 0.876. The van der Waals surface area contributed by atoms with Crippen LogP contribution < -0.4 is 0 Å². The number of rotatable bonds is 2. The zero-order chi connectivity index (χ0) is 19.2. The molecule has 0 unspecified atom stereocenters. The summed E-state index contributed by atoms with van der Waals surface area (Å²) in [4.78, 5) is 9.18. The van der Waals surface area contributed by atoms with Crippen molar-refractivity contribution in [3.05, 3.63) is 103 Å². The second-order valence-electron chi connectivity index (χ2n) is 7.19. The number of fused-ring (bicyclic) bond motifs is 4. The molecule has 0 aliphatic heterocycles. The van der Waals surface area contributed by atoms with Gasteiger partial charge in [-0.1, -0.05) is 72.8 Å². The van der Waals surface area contributed by atoms with E-state index in [2.05, 4.69) is 112 Å². The summed E-state index contributed by atoms with van der Waals surface area (Å²) in [5.41, 5.74) is 4.31. The van der Waals surface area contributed by atoms with Crippen molar-refractivity contribution in [2.45, 2.75) is 0 Å². The lowest BCUT2D eigenvalue weighted by atomic mass is 10.0. The van der Waals surface area contributed by atoms with E-state index in [1.54, 1.807) is 6.33 Å². The van der Waals surface area contributed by atoms with Crippen LogP contribution in [0.1, 0.15) is 0 Å². The summed E-state index contributed by atoms with van der Waals surface area (Å²) in [6.07, 6.45) is 1.66. The molecular weight excluding hydrogens is 354 g/mol. The Bertz CT molecular complexity index is 1460. The van der Waals surface area contributed by atoms with E-state index >= 15 is 0 Å². The maximum Gasteiger partial charge on any atom is 0.141 e. The SMILES string of the molecule is c1ccc2cc(-c3cc(-n4c5ccccc5c5ccccc54)ncn3)ccc2c1. The summed E-state index contributed by atoms with van der Waals surface area (Å²) in [5, 5.41) is 4.90. The standard InChI is InChI=1S/C26H17N3/c1-2-8-19-15-20(14-13-18(19)7-1)23-16-26(28-17-27-23)29-24-11-5-3-9-21(24)22-10-4-6-12-25(22)29/h1-17H. The highest BCUT2D eigenvalue weighted by Gasteiger charge is 2.13. The molecule has 0 saturated heterocycles. The molecule has 3 nitrogen and oxygen atoms in total. The van der Waals surface area contributed by atoms with Gasteiger partial charge in [0.2, 0.25) is 0 Å². The van der Waals surface area contributed by atoms with Crippen LogP contribution in [0, 0.1) is 0 Å². The maximum atomic E-state index is 4.62. The number of hydrogen-bond donors (Lipinski definition) is 0. The summed E-state index contributed by atoms with van der Waals surface area (Å²) in [6, 6.07) is 33.9. The second kappa shape index (κ2) is 6.28. The van der Waals surface area contributed by atoms with Crippen molar-refractivity contribution >= 4 is 32.6 Å². The third kappa shape index (κ3) is 2.52. The van der Waals surface area contributed by atoms with Gasteiger partial charge < -0.3 is 0 Å². The molecule has 0 atom stereocenters. The smallest absolute Gasteiger partial charge is 0.141 e. The van der Waals surface area contributed by atoms with Crippen LogP contribution in [0.15, 0.2) is 103 Å². The Kier molecular flexibility index (Phi) is 3.47. The van der Waals surface area contributed by atoms with E-state index in [1.807, 2.05) is 0 Å². The summed E-state index contributed by atoms with van der Waals surface area (Å²) in [5.74, 6) is 0.876. The van der Waals surface area contributed by atoms with Gasteiger partial charge in [0.25, 0.3) is 0 Å². The maximum absolute atomic E-state index is 4.62. The average Bonchev–Trinajstić information content (AvgIpc) is 3.13. The molecular formula is C26H17N3. The van der Waals surface area contributed by atoms with Gasteiger partial charge >= 0.3 is 0 Å². The van der Waals surface area contributed by atoms with Crippen molar-refractivity contribution in [2.24, 2.45) is 0 Å². The first-order valence-electron chi connectivity index (χ1n) is 9.68. The van der Waals surface area contributed by atoms with Crippen LogP contribution in [0.25, 0.3) is 49.7 Å². The van der Waals surface area contributed by atoms with Crippen LogP contribution in [0.5, 0.6) is 0 Å². The number of aromatic nitrogens is 3. The normalized spacial score (nSPS) is 11.4. The van der Waals surface area contributed by atoms with Crippen molar-refractivity contribution in [1.82, 2.24) is 14.5 Å². The van der Waals surface area contributed by atoms with E-state index in [9.17, 15) is 0 Å². The van der Waals surface area contributed by atoms with Gasteiger partial charge in [-0.3, -0.25) is 4.57 Å². The quantitative estimate of drug-likeness (QED) is 0.353. The highest BCUT2D eigenvalue weighted by atomic mass is 15.1. The first-order valence-corrected chi connectivity index (χ1v) is 9.68. The molecule has 0 spiro atoms. The van der Waals surface area contributed by atoms with Crippen LogP contribution in [0.4, 0.5) is 0 Å². The highest BCUT2D eigenvalue weighted by Crippen LogP contribution is 2.32. The van der Waals surface area contributed by atoms with Gasteiger partial charge in [-0.2, -0.15) is 0 Å². The fourth-order valence-electron chi connectivity index (χ4n) is 4.15. The third-order valence-corrected chi connectivity index (χ3v) is 5.51. The Morgan fingerprint density at radius 3 is 1.97 bits per heavy atom. The zero-order valence-electron chi connectivity index (χ0n) is 15.7. The molecule has 0 radical (unpaired) electrons. The van der Waals surface area contributed by atoms with Gasteiger partial charge in [0, 0.05) is 22.4 Å². The predicted molar refractivity (Wildman–Crippen MR) is 119 cm³/mol. The number of para-hydroxylation sites is 2. The number of benzene rings is 4. The topological polar surface area (TPSA) is 30.7 Å². The van der Waals surface area contributed by atoms with Crippen LogP contribution >= 0.6 is 0 Å². The van der Waals surface area contributed by atoms with Crippen molar-refractivity contribution in [3.8, 4) is 17.1 Å². The molecule has 2 heterocycles. The minimum Gasteiger partial charge on any atom is -0.294 e. The molecule has 2 aromatic heterocycles. The molecule has 29 heavy (non-hydrogen) atoms.